The number of hydrogen-bond donors (Lipinski definition) is 2. The number of aromatic nitrogens is 1. The van der Waals surface area contributed by atoms with Gasteiger partial charge in [-0.05, 0) is 30.6 Å². The van der Waals surface area contributed by atoms with Crippen LogP contribution in [0.15, 0.2) is 60.8 Å². The van der Waals surface area contributed by atoms with Crippen molar-refractivity contribution in [1.82, 2.24) is 9.88 Å². The number of nitrogens with zero attached hydrogens (tertiary/aromatic N) is 1. The predicted octanol–water partition coefficient (Wildman–Crippen LogP) is 3.71. The second-order valence-corrected chi connectivity index (χ2v) is 5.94. The Labute approximate surface area is 148 Å². The van der Waals surface area contributed by atoms with Crippen molar-refractivity contribution < 1.29 is 23.0 Å². The molecule has 2 aromatic carbocycles. The van der Waals surface area contributed by atoms with Gasteiger partial charge in [-0.1, -0.05) is 36.4 Å². The van der Waals surface area contributed by atoms with Crippen LogP contribution in [0.1, 0.15) is 11.6 Å². The van der Waals surface area contributed by atoms with Crippen LogP contribution in [0.3, 0.4) is 0 Å². The van der Waals surface area contributed by atoms with Crippen LogP contribution in [0.5, 0.6) is 5.75 Å². The largest absolute Gasteiger partial charge is 0.573 e. The first-order valence-electron chi connectivity index (χ1n) is 8.13. The van der Waals surface area contributed by atoms with Gasteiger partial charge in [-0.2, -0.15) is 0 Å². The molecule has 7 heteroatoms. The number of halogens is 3. The molecule has 0 amide bonds. The first kappa shape index (κ1) is 18.3. The molecule has 0 spiro atoms. The van der Waals surface area contributed by atoms with Crippen LogP contribution in [0.25, 0.3) is 10.9 Å². The van der Waals surface area contributed by atoms with Gasteiger partial charge < -0.3 is 19.7 Å². The summed E-state index contributed by atoms with van der Waals surface area (Å²) in [6, 6.07) is 14.5. The van der Waals surface area contributed by atoms with Crippen molar-refractivity contribution in [3.63, 3.8) is 0 Å². The molecular formula is C19H19F3N2O2. The van der Waals surface area contributed by atoms with Gasteiger partial charge in [-0.25, -0.2) is 0 Å². The fourth-order valence-corrected chi connectivity index (χ4v) is 3.15. The summed E-state index contributed by atoms with van der Waals surface area (Å²) < 4.78 is 44.5. The fraction of sp³-hybridized carbons (Fsp3) is 0.263. The average molecular weight is 364 g/mol. The van der Waals surface area contributed by atoms with Gasteiger partial charge >= 0.3 is 6.36 Å². The van der Waals surface area contributed by atoms with Crippen LogP contribution < -0.4 is 10.1 Å². The lowest BCUT2D eigenvalue weighted by Gasteiger charge is -2.28. The third kappa shape index (κ3) is 3.84. The van der Waals surface area contributed by atoms with Gasteiger partial charge in [0.15, 0.2) is 0 Å². The smallest absolute Gasteiger partial charge is 0.405 e. The lowest BCUT2D eigenvalue weighted by atomic mass is 9.99. The number of ether oxygens (including phenoxy) is 1. The Morgan fingerprint density at radius 2 is 1.77 bits per heavy atom. The normalized spacial score (nSPS) is 14.3. The van der Waals surface area contributed by atoms with Crippen LogP contribution in [-0.2, 0) is 0 Å². The summed E-state index contributed by atoms with van der Waals surface area (Å²) >= 11 is 0. The molecule has 0 unspecified atom stereocenters. The molecule has 0 saturated heterocycles. The molecule has 0 saturated carbocycles. The van der Waals surface area contributed by atoms with Crippen LogP contribution in [0.2, 0.25) is 0 Å². The minimum Gasteiger partial charge on any atom is -0.405 e. The molecule has 1 aromatic heterocycles. The number of nitrogens with one attached hydrogen (secondary N) is 1. The molecule has 2 N–H and O–H groups in total. The first-order chi connectivity index (χ1) is 12.4. The van der Waals surface area contributed by atoms with E-state index in [9.17, 15) is 18.3 Å². The van der Waals surface area contributed by atoms with E-state index in [0.717, 1.165) is 10.9 Å². The van der Waals surface area contributed by atoms with E-state index in [1.165, 1.54) is 12.1 Å². The molecule has 3 aromatic rings. The Morgan fingerprint density at radius 1 is 1.08 bits per heavy atom. The highest BCUT2D eigenvalue weighted by Crippen LogP contribution is 2.35. The Kier molecular flexibility index (Phi) is 5.20. The van der Waals surface area contributed by atoms with E-state index in [0.29, 0.717) is 0 Å². The van der Waals surface area contributed by atoms with Gasteiger partial charge in [-0.15, -0.1) is 13.2 Å². The number of hydrogen-bond acceptors (Lipinski definition) is 3. The van der Waals surface area contributed by atoms with E-state index in [1.54, 1.807) is 29.9 Å². The number of benzene rings is 2. The maximum Gasteiger partial charge on any atom is 0.573 e. The molecule has 4 nitrogen and oxygen atoms in total. The Morgan fingerprint density at radius 3 is 2.50 bits per heavy atom. The summed E-state index contributed by atoms with van der Waals surface area (Å²) in [4.78, 5) is 0. The Hall–Kier alpha value is -2.51. The maximum atomic E-state index is 12.8. The number of likely N-dealkylation sites (N-methyl/N-ethyl adjacent to an activating group) is 1. The second kappa shape index (κ2) is 7.39. The zero-order chi connectivity index (χ0) is 18.7. The minimum atomic E-state index is -4.81. The van der Waals surface area contributed by atoms with E-state index in [-0.39, 0.29) is 17.9 Å². The van der Waals surface area contributed by atoms with E-state index >= 15 is 0 Å². The van der Waals surface area contributed by atoms with Crippen LogP contribution in [0, 0.1) is 0 Å². The second-order valence-electron chi connectivity index (χ2n) is 5.94. The topological polar surface area (TPSA) is 46.4 Å². The van der Waals surface area contributed by atoms with E-state index < -0.39 is 18.5 Å². The zero-order valence-corrected chi connectivity index (χ0v) is 14.1. The molecule has 0 fully saturated rings. The van der Waals surface area contributed by atoms with Crippen LogP contribution in [-0.4, -0.2) is 35.7 Å². The van der Waals surface area contributed by atoms with E-state index in [4.69, 9.17) is 0 Å². The third-order valence-corrected chi connectivity index (χ3v) is 4.17. The molecule has 26 heavy (non-hydrogen) atoms. The van der Waals surface area contributed by atoms with Gasteiger partial charge in [0.2, 0.25) is 0 Å². The van der Waals surface area contributed by atoms with Gasteiger partial charge in [0, 0.05) is 23.8 Å². The summed E-state index contributed by atoms with van der Waals surface area (Å²) in [6.45, 7) is 0.206. The third-order valence-electron chi connectivity index (χ3n) is 4.17. The van der Waals surface area contributed by atoms with E-state index in [1.807, 2.05) is 30.3 Å². The highest BCUT2D eigenvalue weighted by molar-refractivity contribution is 5.80. The first-order valence-corrected chi connectivity index (χ1v) is 8.13. The molecule has 0 aliphatic rings. The molecule has 2 atom stereocenters. The van der Waals surface area contributed by atoms with Gasteiger partial charge in [0.05, 0.1) is 12.1 Å². The number of fused-ring (bicyclic) bond motifs is 1. The molecule has 0 aliphatic heterocycles. The number of aliphatic hydroxyl groups is 1. The number of para-hydroxylation sites is 2. The predicted molar refractivity (Wildman–Crippen MR) is 93.1 cm³/mol. The van der Waals surface area contributed by atoms with Crippen molar-refractivity contribution in [2.24, 2.45) is 0 Å². The minimum absolute atomic E-state index is 0.206. The van der Waals surface area contributed by atoms with Crippen molar-refractivity contribution in [3.05, 3.63) is 66.4 Å². The van der Waals surface area contributed by atoms with Gasteiger partial charge in [-0.3, -0.25) is 0 Å². The molecular weight excluding hydrogens is 345 g/mol. The number of alkyl halides is 3. The van der Waals surface area contributed by atoms with Crippen LogP contribution >= 0.6 is 0 Å². The Bertz CT molecular complexity index is 876. The number of rotatable bonds is 6. The summed E-state index contributed by atoms with van der Waals surface area (Å²) in [5.41, 5.74) is 1.07. The zero-order valence-electron chi connectivity index (χ0n) is 14.1. The molecule has 0 radical (unpaired) electrons. The summed E-state index contributed by atoms with van der Waals surface area (Å²) in [6.07, 6.45) is -4.01. The van der Waals surface area contributed by atoms with Gasteiger partial charge in [0.1, 0.15) is 5.75 Å². The summed E-state index contributed by atoms with van der Waals surface area (Å²) in [7, 11) is 1.67. The highest BCUT2D eigenvalue weighted by atomic mass is 19.4. The quantitative estimate of drug-likeness (QED) is 0.701. The van der Waals surface area contributed by atoms with E-state index in [2.05, 4.69) is 10.1 Å². The fourth-order valence-electron chi connectivity index (χ4n) is 3.15. The lowest BCUT2D eigenvalue weighted by Crippen LogP contribution is -2.34. The van der Waals surface area contributed by atoms with Crippen molar-refractivity contribution in [2.45, 2.75) is 18.5 Å². The molecule has 0 bridgehead atoms. The SMILES string of the molecule is CNC[C@@H](O)[C@H](c1ccccc1OC(F)(F)F)n1ccc2ccccc21. The molecule has 1 heterocycles. The molecule has 138 valence electrons. The average Bonchev–Trinajstić information content (AvgIpc) is 3.00. The van der Waals surface area contributed by atoms with Crippen LogP contribution in [0.4, 0.5) is 13.2 Å². The molecule has 3 rings (SSSR count). The Balaban J connectivity index is 2.14. The van der Waals surface area contributed by atoms with Gasteiger partial charge in [0.25, 0.3) is 0 Å². The summed E-state index contributed by atoms with van der Waals surface area (Å²) in [5, 5.41) is 14.5. The maximum absolute atomic E-state index is 12.8. The van der Waals surface area contributed by atoms with Crippen molar-refractivity contribution in [1.29, 1.82) is 0 Å². The monoisotopic (exact) mass is 364 g/mol. The summed E-state index contributed by atoms with van der Waals surface area (Å²) in [5.74, 6) is -0.321. The lowest BCUT2D eigenvalue weighted by molar-refractivity contribution is -0.275. The standard InChI is InChI=1S/C19H19F3N2O2/c1-23-12-16(25)18(24-11-10-13-6-2-4-8-15(13)24)14-7-3-5-9-17(14)26-19(20,21)22/h2-11,16,18,23,25H,12H2,1H3/t16-,18+/m1/s1. The van der Waals surface area contributed by atoms with Crippen molar-refractivity contribution >= 4 is 10.9 Å². The molecule has 0 aliphatic carbocycles. The number of aliphatic hydroxyl groups excluding tert-OH is 1. The van der Waals surface area contributed by atoms with Crippen molar-refractivity contribution in [3.8, 4) is 5.75 Å². The highest BCUT2D eigenvalue weighted by Gasteiger charge is 2.34. The van der Waals surface area contributed by atoms with Crippen molar-refractivity contribution in [2.75, 3.05) is 13.6 Å².